The molecular weight excluding hydrogens is 232 g/mol. The first-order valence-electron chi connectivity index (χ1n) is 8.51. The van der Waals surface area contributed by atoms with Crippen LogP contribution in [-0.2, 0) is 0 Å². The van der Waals surface area contributed by atoms with E-state index in [0.29, 0.717) is 5.41 Å². The van der Waals surface area contributed by atoms with E-state index in [0.717, 1.165) is 12.5 Å². The Morgan fingerprint density at radius 1 is 1.26 bits per heavy atom. The molecule has 1 N–H and O–H groups in total. The third-order valence-corrected chi connectivity index (χ3v) is 4.68. The van der Waals surface area contributed by atoms with Crippen molar-refractivity contribution in [3.8, 4) is 0 Å². The second-order valence-electron chi connectivity index (χ2n) is 6.93. The molecule has 2 unspecified atom stereocenters. The van der Waals surface area contributed by atoms with Gasteiger partial charge in [0.15, 0.2) is 0 Å². The second-order valence-corrected chi connectivity index (χ2v) is 6.93. The molecule has 2 heteroatoms. The van der Waals surface area contributed by atoms with Gasteiger partial charge >= 0.3 is 0 Å². The van der Waals surface area contributed by atoms with Gasteiger partial charge in [0, 0.05) is 13.1 Å². The maximum atomic E-state index is 3.63. The van der Waals surface area contributed by atoms with Crippen LogP contribution in [0, 0.1) is 11.3 Å². The third-order valence-electron chi connectivity index (χ3n) is 4.68. The fraction of sp³-hybridized carbons (Fsp3) is 1.00. The van der Waals surface area contributed by atoms with E-state index >= 15 is 0 Å². The van der Waals surface area contributed by atoms with E-state index in [4.69, 9.17) is 0 Å². The van der Waals surface area contributed by atoms with Gasteiger partial charge in [0.2, 0.25) is 0 Å². The fourth-order valence-electron chi connectivity index (χ4n) is 3.80. The highest BCUT2D eigenvalue weighted by molar-refractivity contribution is 4.89. The minimum atomic E-state index is 0.536. The van der Waals surface area contributed by atoms with Crippen molar-refractivity contribution in [2.75, 3.05) is 33.2 Å². The molecule has 0 aromatic heterocycles. The lowest BCUT2D eigenvalue weighted by Crippen LogP contribution is -2.46. The molecule has 1 fully saturated rings. The molecule has 0 spiro atoms. The minimum absolute atomic E-state index is 0.536. The minimum Gasteiger partial charge on any atom is -0.316 e. The molecule has 1 saturated carbocycles. The Balaban J connectivity index is 2.48. The average molecular weight is 268 g/mol. The molecule has 1 aliphatic rings. The Morgan fingerprint density at radius 3 is 2.68 bits per heavy atom. The Labute approximate surface area is 121 Å². The Morgan fingerprint density at radius 2 is 2.05 bits per heavy atom. The van der Waals surface area contributed by atoms with Gasteiger partial charge in [-0.2, -0.15) is 0 Å². The van der Waals surface area contributed by atoms with Crippen LogP contribution in [0.3, 0.4) is 0 Å². The molecule has 2 atom stereocenters. The van der Waals surface area contributed by atoms with Crippen LogP contribution in [-0.4, -0.2) is 38.1 Å². The van der Waals surface area contributed by atoms with E-state index in [1.807, 2.05) is 0 Å². The summed E-state index contributed by atoms with van der Waals surface area (Å²) in [7, 11) is 2.32. The third kappa shape index (κ3) is 6.27. The summed E-state index contributed by atoms with van der Waals surface area (Å²) in [5.74, 6) is 0.913. The molecule has 114 valence electrons. The molecule has 0 aliphatic heterocycles. The van der Waals surface area contributed by atoms with Gasteiger partial charge in [0.05, 0.1) is 0 Å². The molecule has 1 aliphatic carbocycles. The lowest BCUT2D eigenvalue weighted by atomic mass is 9.69. The first kappa shape index (κ1) is 17.0. The van der Waals surface area contributed by atoms with Crippen molar-refractivity contribution in [1.29, 1.82) is 0 Å². The molecule has 0 bridgehead atoms. The first-order valence-corrected chi connectivity index (χ1v) is 8.51. The van der Waals surface area contributed by atoms with Gasteiger partial charge in [0.25, 0.3) is 0 Å². The van der Waals surface area contributed by atoms with E-state index in [2.05, 4.69) is 38.0 Å². The standard InChI is InChI=1S/C17H36N2/c1-5-7-8-12-19(4)15-17(14-18-6-2)11-9-10-16(3)13-17/h16,18H,5-15H2,1-4H3. The summed E-state index contributed by atoms with van der Waals surface area (Å²) in [4.78, 5) is 2.59. The quantitative estimate of drug-likeness (QED) is 0.638. The molecule has 2 nitrogen and oxygen atoms in total. The van der Waals surface area contributed by atoms with E-state index in [-0.39, 0.29) is 0 Å². The summed E-state index contributed by atoms with van der Waals surface area (Å²) >= 11 is 0. The molecule has 0 heterocycles. The molecule has 0 aromatic carbocycles. The fourth-order valence-corrected chi connectivity index (χ4v) is 3.80. The number of hydrogen-bond donors (Lipinski definition) is 1. The van der Waals surface area contributed by atoms with Gasteiger partial charge in [-0.3, -0.25) is 0 Å². The van der Waals surface area contributed by atoms with Gasteiger partial charge in [0.1, 0.15) is 0 Å². The van der Waals surface area contributed by atoms with Crippen molar-refractivity contribution >= 4 is 0 Å². The summed E-state index contributed by atoms with van der Waals surface area (Å²) in [6.07, 6.45) is 9.76. The predicted octanol–water partition coefficient (Wildman–Crippen LogP) is 3.91. The van der Waals surface area contributed by atoms with Crippen LogP contribution in [0.1, 0.15) is 65.7 Å². The van der Waals surface area contributed by atoms with Crippen LogP contribution in [0.25, 0.3) is 0 Å². The average Bonchev–Trinajstić information content (AvgIpc) is 2.37. The van der Waals surface area contributed by atoms with E-state index in [1.165, 1.54) is 64.6 Å². The van der Waals surface area contributed by atoms with E-state index in [9.17, 15) is 0 Å². The number of hydrogen-bond acceptors (Lipinski definition) is 2. The van der Waals surface area contributed by atoms with E-state index in [1.54, 1.807) is 0 Å². The maximum absolute atomic E-state index is 3.63. The van der Waals surface area contributed by atoms with Gasteiger partial charge in [-0.05, 0) is 50.7 Å². The summed E-state index contributed by atoms with van der Waals surface area (Å²) in [5.41, 5.74) is 0.536. The summed E-state index contributed by atoms with van der Waals surface area (Å²) in [5, 5.41) is 3.63. The number of rotatable bonds is 9. The van der Waals surface area contributed by atoms with Crippen LogP contribution >= 0.6 is 0 Å². The van der Waals surface area contributed by atoms with Crippen LogP contribution in [0.5, 0.6) is 0 Å². The van der Waals surface area contributed by atoms with Gasteiger partial charge in [-0.15, -0.1) is 0 Å². The Bertz CT molecular complexity index is 229. The molecule has 1 rings (SSSR count). The lowest BCUT2D eigenvalue weighted by Gasteiger charge is -2.43. The normalized spacial score (nSPS) is 27.9. The first-order chi connectivity index (χ1) is 9.12. The van der Waals surface area contributed by atoms with Crippen LogP contribution in [0.4, 0.5) is 0 Å². The zero-order valence-electron chi connectivity index (χ0n) is 13.8. The van der Waals surface area contributed by atoms with Crippen LogP contribution < -0.4 is 5.32 Å². The largest absolute Gasteiger partial charge is 0.316 e. The SMILES string of the molecule is CCCCCN(C)CC1(CNCC)CCCC(C)C1. The zero-order chi connectivity index (χ0) is 14.1. The van der Waals surface area contributed by atoms with Crippen LogP contribution in [0.2, 0.25) is 0 Å². The molecule has 0 saturated heterocycles. The van der Waals surface area contributed by atoms with Crippen molar-refractivity contribution in [1.82, 2.24) is 10.2 Å². The zero-order valence-corrected chi connectivity index (χ0v) is 13.8. The van der Waals surface area contributed by atoms with Crippen molar-refractivity contribution in [2.24, 2.45) is 11.3 Å². The number of nitrogens with one attached hydrogen (secondary N) is 1. The van der Waals surface area contributed by atoms with E-state index < -0.39 is 0 Å². The van der Waals surface area contributed by atoms with Crippen molar-refractivity contribution in [3.05, 3.63) is 0 Å². The Kier molecular flexibility index (Phi) is 8.01. The summed E-state index contributed by atoms with van der Waals surface area (Å²) in [6, 6.07) is 0. The molecule has 0 radical (unpaired) electrons. The van der Waals surface area contributed by atoms with Gasteiger partial charge < -0.3 is 10.2 Å². The Hall–Kier alpha value is -0.0800. The highest BCUT2D eigenvalue weighted by atomic mass is 15.1. The number of nitrogens with zero attached hydrogens (tertiary/aromatic N) is 1. The predicted molar refractivity (Wildman–Crippen MR) is 85.6 cm³/mol. The molecule has 19 heavy (non-hydrogen) atoms. The molecular formula is C17H36N2. The monoisotopic (exact) mass is 268 g/mol. The van der Waals surface area contributed by atoms with Crippen LogP contribution in [0.15, 0.2) is 0 Å². The molecule has 0 amide bonds. The second kappa shape index (κ2) is 8.97. The topological polar surface area (TPSA) is 15.3 Å². The van der Waals surface area contributed by atoms with Crippen molar-refractivity contribution in [2.45, 2.75) is 65.7 Å². The van der Waals surface area contributed by atoms with Gasteiger partial charge in [-0.25, -0.2) is 0 Å². The smallest absolute Gasteiger partial charge is 0.00472 e. The highest BCUT2D eigenvalue weighted by Crippen LogP contribution is 2.39. The lowest BCUT2D eigenvalue weighted by molar-refractivity contribution is 0.0917. The summed E-state index contributed by atoms with van der Waals surface area (Å²) < 4.78 is 0. The summed E-state index contributed by atoms with van der Waals surface area (Å²) in [6.45, 7) is 11.8. The maximum Gasteiger partial charge on any atom is 0.00472 e. The van der Waals surface area contributed by atoms with Crippen molar-refractivity contribution < 1.29 is 0 Å². The van der Waals surface area contributed by atoms with Crippen molar-refractivity contribution in [3.63, 3.8) is 0 Å². The number of unbranched alkanes of at least 4 members (excludes halogenated alkanes) is 2. The highest BCUT2D eigenvalue weighted by Gasteiger charge is 2.35. The van der Waals surface area contributed by atoms with Gasteiger partial charge in [-0.1, -0.05) is 46.5 Å². The molecule has 0 aromatic rings.